The Morgan fingerprint density at radius 1 is 1.30 bits per heavy atom. The lowest BCUT2D eigenvalue weighted by Crippen LogP contribution is -1.66. The van der Waals surface area contributed by atoms with Crippen LogP contribution in [0.4, 0.5) is 0 Å². The van der Waals surface area contributed by atoms with Crippen LogP contribution in [-0.4, -0.2) is 11.5 Å². The fourth-order valence-corrected chi connectivity index (χ4v) is 13.2. The Bertz CT molecular complexity index is 122. The molecule has 0 radical (unpaired) electrons. The van der Waals surface area contributed by atoms with Crippen molar-refractivity contribution < 1.29 is 4.57 Å². The molecule has 1 nitrogen and oxygen atoms in total. The van der Waals surface area contributed by atoms with Crippen LogP contribution in [0, 0.1) is 0 Å². The Balaban J connectivity index is 3.83. The van der Waals surface area contributed by atoms with Crippen LogP contribution >= 0.6 is 52.1 Å². The van der Waals surface area contributed by atoms with E-state index in [1.807, 2.05) is 13.8 Å². The molecule has 0 bridgehead atoms. The van der Waals surface area contributed by atoms with Gasteiger partial charge in [-0.15, -0.1) is 0 Å². The van der Waals surface area contributed by atoms with Crippen LogP contribution in [0.3, 0.4) is 0 Å². The van der Waals surface area contributed by atoms with Gasteiger partial charge < -0.3 is 0 Å². The minimum atomic E-state index is -2.03. The molecule has 0 aliphatic carbocycles. The molecule has 0 heterocycles. The fraction of sp³-hybridized carbons (Fsp3) is 1.00. The van der Waals surface area contributed by atoms with Gasteiger partial charge in [0.1, 0.15) is 0 Å². The first-order valence-corrected chi connectivity index (χ1v) is 11.0. The lowest BCUT2D eigenvalue weighted by Gasteiger charge is -2.09. The van der Waals surface area contributed by atoms with E-state index in [2.05, 4.69) is 14.8 Å². The Labute approximate surface area is 81.7 Å². The largest absolute Gasteiger partial charge is 0.288 e. The highest BCUT2D eigenvalue weighted by molar-refractivity contribution is 9.63. The zero-order valence-corrected chi connectivity index (χ0v) is 10.8. The van der Waals surface area contributed by atoms with Gasteiger partial charge in [-0.05, 0) is 26.3 Å². The average Bonchev–Trinajstić information content (AvgIpc) is 1.89. The van der Waals surface area contributed by atoms with E-state index < -0.39 is 4.75 Å². The van der Waals surface area contributed by atoms with Gasteiger partial charge in [-0.1, -0.05) is 36.6 Å². The molecular weight excluding hydrogens is 271 g/mol. The molecule has 0 fully saturated rings. The fourth-order valence-electron chi connectivity index (χ4n) is 0.393. The number of hydrogen-bond donors (Lipinski definition) is 0. The maximum atomic E-state index is 11.6. The van der Waals surface area contributed by atoms with Crippen LogP contribution in [0.15, 0.2) is 0 Å². The van der Waals surface area contributed by atoms with Gasteiger partial charge in [0.25, 0.3) is 4.75 Å². The molecule has 0 saturated heterocycles. The van der Waals surface area contributed by atoms with E-state index in [-0.39, 0.29) is 0 Å². The summed E-state index contributed by atoms with van der Waals surface area (Å²) in [5.41, 5.74) is 0. The highest BCUT2D eigenvalue weighted by Crippen LogP contribution is 2.79. The van der Waals surface area contributed by atoms with Gasteiger partial charge >= 0.3 is 0 Å². The van der Waals surface area contributed by atoms with Crippen LogP contribution < -0.4 is 0 Å². The molecule has 0 spiro atoms. The quantitative estimate of drug-likeness (QED) is 0.682. The van der Waals surface area contributed by atoms with E-state index in [1.54, 1.807) is 0 Å². The molecule has 6 heteroatoms. The molecule has 0 rings (SSSR count). The van der Waals surface area contributed by atoms with Crippen LogP contribution in [0.25, 0.3) is 0 Å². The second-order valence-electron chi connectivity index (χ2n) is 1.35. The monoisotopic (exact) mass is 280 g/mol. The molecule has 0 amide bonds. The number of hydrogen-bond acceptors (Lipinski definition) is 4. The SMILES string of the molecule is CCSP(=O)(SBr)SCC. The summed E-state index contributed by atoms with van der Waals surface area (Å²) in [6.07, 6.45) is 0. The van der Waals surface area contributed by atoms with E-state index >= 15 is 0 Å². The van der Waals surface area contributed by atoms with Crippen molar-refractivity contribution in [3.05, 3.63) is 0 Å². The van der Waals surface area contributed by atoms with Crippen molar-refractivity contribution in [2.45, 2.75) is 13.8 Å². The first-order valence-electron chi connectivity index (χ1n) is 2.88. The van der Waals surface area contributed by atoms with Gasteiger partial charge in [0.15, 0.2) is 0 Å². The second kappa shape index (κ2) is 6.30. The van der Waals surface area contributed by atoms with Gasteiger partial charge in [0.2, 0.25) is 0 Å². The molecule has 0 aromatic rings. The topological polar surface area (TPSA) is 17.1 Å². The maximum absolute atomic E-state index is 11.6. The average molecular weight is 281 g/mol. The van der Waals surface area contributed by atoms with Crippen LogP contribution in [0.1, 0.15) is 13.8 Å². The number of halogens is 1. The molecule has 0 aromatic heterocycles. The van der Waals surface area contributed by atoms with Crippen molar-refractivity contribution >= 4 is 52.1 Å². The standard InChI is InChI=1S/C4H10BrOPS3/c1-3-8-7(6,10-5)9-4-2/h3-4H2,1-2H3. The molecule has 0 unspecified atom stereocenters. The zero-order valence-electron chi connectivity index (χ0n) is 5.87. The van der Waals surface area contributed by atoms with E-state index in [4.69, 9.17) is 0 Å². The van der Waals surface area contributed by atoms with Gasteiger partial charge in [0.05, 0.1) is 0 Å². The predicted molar refractivity (Wildman–Crippen MR) is 60.4 cm³/mol. The molecule has 62 valence electrons. The predicted octanol–water partition coefficient (Wildman–Crippen LogP) is 4.64. The van der Waals surface area contributed by atoms with Gasteiger partial charge in [-0.3, -0.25) is 4.57 Å². The smallest absolute Gasteiger partial charge is 0.254 e. The molecule has 0 atom stereocenters. The van der Waals surface area contributed by atoms with Crippen LogP contribution in [-0.2, 0) is 4.57 Å². The molecule has 0 N–H and O–H groups in total. The van der Waals surface area contributed by atoms with Crippen molar-refractivity contribution in [1.82, 2.24) is 0 Å². The lowest BCUT2D eigenvalue weighted by molar-refractivity contribution is 0.601. The Morgan fingerprint density at radius 2 is 1.70 bits per heavy atom. The van der Waals surface area contributed by atoms with Gasteiger partial charge in [0, 0.05) is 9.82 Å². The maximum Gasteiger partial charge on any atom is 0.254 e. The lowest BCUT2D eigenvalue weighted by atomic mass is 11.0. The first-order chi connectivity index (χ1) is 4.68. The van der Waals surface area contributed by atoms with E-state index in [1.165, 1.54) is 32.6 Å². The summed E-state index contributed by atoms with van der Waals surface area (Å²) in [5, 5.41) is 0. The molecule has 0 saturated carbocycles. The molecular formula is C4H10BrOPS3. The van der Waals surface area contributed by atoms with E-state index in [0.717, 1.165) is 11.5 Å². The summed E-state index contributed by atoms with van der Waals surface area (Å²) in [5.74, 6) is 1.84. The summed E-state index contributed by atoms with van der Waals surface area (Å²) in [6.45, 7) is 4.05. The van der Waals surface area contributed by atoms with Crippen molar-refractivity contribution in [1.29, 1.82) is 0 Å². The van der Waals surface area contributed by atoms with Crippen molar-refractivity contribution in [2.75, 3.05) is 11.5 Å². The Kier molecular flexibility index (Phi) is 7.40. The van der Waals surface area contributed by atoms with E-state index in [9.17, 15) is 4.57 Å². The van der Waals surface area contributed by atoms with Gasteiger partial charge in [-0.25, -0.2) is 0 Å². The summed E-state index contributed by atoms with van der Waals surface area (Å²) in [7, 11) is 1.32. The summed E-state index contributed by atoms with van der Waals surface area (Å²) < 4.78 is 9.59. The van der Waals surface area contributed by atoms with Crippen LogP contribution in [0.5, 0.6) is 0 Å². The number of rotatable bonds is 5. The Hall–Kier alpha value is 1.76. The molecule has 0 aromatic carbocycles. The van der Waals surface area contributed by atoms with E-state index in [0.29, 0.717) is 0 Å². The normalized spacial score (nSPS) is 11.9. The highest BCUT2D eigenvalue weighted by Gasteiger charge is 2.20. The highest BCUT2D eigenvalue weighted by atomic mass is 79.9. The molecule has 0 aliphatic rings. The summed E-state index contributed by atoms with van der Waals surface area (Å²) >= 11 is 6.26. The van der Waals surface area contributed by atoms with Gasteiger partial charge in [-0.2, -0.15) is 0 Å². The summed E-state index contributed by atoms with van der Waals surface area (Å²) in [6, 6.07) is 0. The third-order valence-corrected chi connectivity index (χ3v) is 18.2. The van der Waals surface area contributed by atoms with Crippen molar-refractivity contribution in [3.63, 3.8) is 0 Å². The third-order valence-electron chi connectivity index (χ3n) is 0.659. The third kappa shape index (κ3) is 4.60. The second-order valence-corrected chi connectivity index (χ2v) is 15.3. The van der Waals surface area contributed by atoms with Crippen LogP contribution in [0.2, 0.25) is 0 Å². The zero-order chi connectivity index (χ0) is 8.04. The van der Waals surface area contributed by atoms with Crippen molar-refractivity contribution in [3.8, 4) is 0 Å². The molecule has 0 aliphatic heterocycles. The first kappa shape index (κ1) is 11.8. The minimum Gasteiger partial charge on any atom is -0.288 e. The van der Waals surface area contributed by atoms with Crippen molar-refractivity contribution in [2.24, 2.45) is 0 Å². The Morgan fingerprint density at radius 3 is 1.90 bits per heavy atom. The molecule has 10 heavy (non-hydrogen) atoms. The summed E-state index contributed by atoms with van der Waals surface area (Å²) in [4.78, 5) is 0. The minimum absolute atomic E-state index is 0.920.